The zero-order chi connectivity index (χ0) is 24.5. The molecule has 3 heterocycles. The number of fused-ring (bicyclic) bond motifs is 1. The van der Waals surface area contributed by atoms with Crippen LogP contribution in [0.1, 0.15) is 23.5 Å². The fourth-order valence-electron chi connectivity index (χ4n) is 3.41. The van der Waals surface area contributed by atoms with Crippen LogP contribution in [0.25, 0.3) is 21.5 Å². The van der Waals surface area contributed by atoms with Gasteiger partial charge in [0.25, 0.3) is 5.91 Å². The predicted molar refractivity (Wildman–Crippen MR) is 132 cm³/mol. The molecule has 0 atom stereocenters. The summed E-state index contributed by atoms with van der Waals surface area (Å²) < 4.78 is 40.3. The van der Waals surface area contributed by atoms with Gasteiger partial charge in [-0.2, -0.15) is 4.31 Å². The van der Waals surface area contributed by atoms with Crippen LogP contribution in [-0.2, 0) is 10.0 Å². The molecule has 0 saturated carbocycles. The molecule has 1 N–H and O–H groups in total. The number of aromatic nitrogens is 2. The van der Waals surface area contributed by atoms with Gasteiger partial charge in [0.05, 0.1) is 21.8 Å². The summed E-state index contributed by atoms with van der Waals surface area (Å²) in [6, 6.07) is 10.7. The molecule has 3 aromatic heterocycles. The lowest BCUT2D eigenvalue weighted by Crippen LogP contribution is -2.30. The van der Waals surface area contributed by atoms with Crippen LogP contribution in [0.15, 0.2) is 59.8 Å². The highest BCUT2D eigenvalue weighted by Crippen LogP contribution is 2.30. The molecule has 0 radical (unpaired) electrons. The van der Waals surface area contributed by atoms with E-state index in [9.17, 15) is 17.6 Å². The molecule has 34 heavy (non-hydrogen) atoms. The Morgan fingerprint density at radius 2 is 1.85 bits per heavy atom. The third-order valence-electron chi connectivity index (χ3n) is 5.13. The van der Waals surface area contributed by atoms with Gasteiger partial charge in [-0.05, 0) is 42.5 Å². The number of benzene rings is 1. The fraction of sp³-hybridized carbons (Fsp3) is 0.174. The van der Waals surface area contributed by atoms with Crippen LogP contribution < -0.4 is 5.32 Å². The molecule has 4 aromatic rings. The van der Waals surface area contributed by atoms with Crippen molar-refractivity contribution >= 4 is 54.8 Å². The van der Waals surface area contributed by atoms with Crippen molar-refractivity contribution in [2.75, 3.05) is 18.4 Å². The van der Waals surface area contributed by atoms with E-state index in [2.05, 4.69) is 15.3 Å². The lowest BCUT2D eigenvalue weighted by Gasteiger charge is -2.19. The number of carbonyl (C=O) groups is 1. The van der Waals surface area contributed by atoms with E-state index in [4.69, 9.17) is 11.6 Å². The maximum absolute atomic E-state index is 13.2. The van der Waals surface area contributed by atoms with E-state index in [0.717, 1.165) is 11.6 Å². The largest absolute Gasteiger partial charge is 0.321 e. The number of halogens is 2. The summed E-state index contributed by atoms with van der Waals surface area (Å²) >= 11 is 7.37. The number of carbonyl (C=O) groups excluding carboxylic acids is 1. The van der Waals surface area contributed by atoms with E-state index in [0.29, 0.717) is 39.7 Å². The van der Waals surface area contributed by atoms with Crippen molar-refractivity contribution in [1.82, 2.24) is 14.3 Å². The smallest absolute Gasteiger partial charge is 0.265 e. The molecule has 0 saturated heterocycles. The number of sulfonamides is 1. The van der Waals surface area contributed by atoms with Crippen LogP contribution in [0.2, 0.25) is 5.02 Å². The van der Waals surface area contributed by atoms with E-state index in [1.165, 1.54) is 33.8 Å². The van der Waals surface area contributed by atoms with Crippen molar-refractivity contribution < 1.29 is 17.6 Å². The van der Waals surface area contributed by atoms with Crippen LogP contribution >= 0.6 is 22.9 Å². The molecule has 176 valence electrons. The van der Waals surface area contributed by atoms with Crippen molar-refractivity contribution in [2.24, 2.45) is 0 Å². The van der Waals surface area contributed by atoms with Gasteiger partial charge in [-0.3, -0.25) is 9.78 Å². The second-order valence-electron chi connectivity index (χ2n) is 7.28. The van der Waals surface area contributed by atoms with Crippen molar-refractivity contribution in [3.8, 4) is 11.3 Å². The standard InChI is InChI=1S/C23H20ClFN4O3S2/c1-3-29(4-2)34(31,32)21-11-17(6-7-18(21)24)28-22(30)20-10-14-9-15(12-27-23(14)33-20)19-8-5-16(25)13-26-19/h5-13H,3-4H2,1-2H3,(H,28,30). The summed E-state index contributed by atoms with van der Waals surface area (Å²) in [4.78, 5) is 22.3. The van der Waals surface area contributed by atoms with Gasteiger partial charge in [-0.25, -0.2) is 17.8 Å². The van der Waals surface area contributed by atoms with Gasteiger partial charge in [-0.15, -0.1) is 11.3 Å². The summed E-state index contributed by atoms with van der Waals surface area (Å²) in [6.45, 7) is 4.09. The Morgan fingerprint density at radius 3 is 2.53 bits per heavy atom. The first-order valence-electron chi connectivity index (χ1n) is 10.4. The van der Waals surface area contributed by atoms with Crippen LogP contribution in [0.5, 0.6) is 0 Å². The second kappa shape index (κ2) is 9.75. The quantitative estimate of drug-likeness (QED) is 0.352. The number of anilines is 1. The highest BCUT2D eigenvalue weighted by molar-refractivity contribution is 7.89. The Kier molecular flexibility index (Phi) is 6.94. The third kappa shape index (κ3) is 4.80. The molecule has 7 nitrogen and oxygen atoms in total. The van der Waals surface area contributed by atoms with Gasteiger partial charge in [0.2, 0.25) is 10.0 Å². The molecule has 0 bridgehead atoms. The fourth-order valence-corrected chi connectivity index (χ4v) is 6.24. The molecule has 1 amide bonds. The second-order valence-corrected chi connectivity index (χ2v) is 10.6. The van der Waals surface area contributed by atoms with Gasteiger partial charge >= 0.3 is 0 Å². The molecular weight excluding hydrogens is 499 g/mol. The average molecular weight is 519 g/mol. The molecule has 11 heteroatoms. The van der Waals surface area contributed by atoms with E-state index >= 15 is 0 Å². The molecular formula is C23H20ClFN4O3S2. The number of nitrogens with zero attached hydrogens (tertiary/aromatic N) is 3. The molecule has 0 aliphatic rings. The number of hydrogen-bond donors (Lipinski definition) is 1. The lowest BCUT2D eigenvalue weighted by molar-refractivity contribution is 0.103. The SMILES string of the molecule is CCN(CC)S(=O)(=O)c1cc(NC(=O)c2cc3cc(-c4ccc(F)cn4)cnc3s2)ccc1Cl. The van der Waals surface area contributed by atoms with E-state index in [1.54, 1.807) is 38.2 Å². The molecule has 0 spiro atoms. The van der Waals surface area contributed by atoms with Crippen molar-refractivity contribution in [2.45, 2.75) is 18.7 Å². The van der Waals surface area contributed by atoms with Crippen LogP contribution in [0, 0.1) is 5.82 Å². The maximum Gasteiger partial charge on any atom is 0.265 e. The first-order chi connectivity index (χ1) is 16.2. The van der Waals surface area contributed by atoms with Crippen LogP contribution in [-0.4, -0.2) is 41.7 Å². The lowest BCUT2D eigenvalue weighted by atomic mass is 10.1. The van der Waals surface area contributed by atoms with Crippen molar-refractivity contribution in [3.63, 3.8) is 0 Å². The first-order valence-corrected chi connectivity index (χ1v) is 13.0. The van der Waals surface area contributed by atoms with E-state index in [-0.39, 0.29) is 9.92 Å². The minimum atomic E-state index is -3.80. The zero-order valence-corrected chi connectivity index (χ0v) is 20.6. The number of thiophene rings is 1. The Labute approximate surface area is 205 Å². The third-order valence-corrected chi connectivity index (χ3v) is 8.72. The van der Waals surface area contributed by atoms with Gasteiger partial charge in [0.15, 0.2) is 0 Å². The topological polar surface area (TPSA) is 92.3 Å². The first kappa shape index (κ1) is 24.2. The van der Waals surface area contributed by atoms with Gasteiger partial charge in [0.1, 0.15) is 15.5 Å². The summed E-state index contributed by atoms with van der Waals surface area (Å²) in [5, 5.41) is 3.55. The molecule has 0 aliphatic heterocycles. The van der Waals surface area contributed by atoms with Crippen molar-refractivity contribution in [3.05, 3.63) is 70.6 Å². The summed E-state index contributed by atoms with van der Waals surface area (Å²) in [7, 11) is -3.80. The molecule has 4 rings (SSSR count). The number of nitrogens with one attached hydrogen (secondary N) is 1. The summed E-state index contributed by atoms with van der Waals surface area (Å²) in [6.07, 6.45) is 2.75. The minimum absolute atomic E-state index is 0.0647. The van der Waals surface area contributed by atoms with Crippen LogP contribution in [0.3, 0.4) is 0 Å². The maximum atomic E-state index is 13.2. The number of pyridine rings is 2. The van der Waals surface area contributed by atoms with Crippen LogP contribution in [0.4, 0.5) is 10.1 Å². The highest BCUT2D eigenvalue weighted by atomic mass is 35.5. The highest BCUT2D eigenvalue weighted by Gasteiger charge is 2.25. The molecule has 0 aliphatic carbocycles. The van der Waals surface area contributed by atoms with Gasteiger partial charge in [-0.1, -0.05) is 25.4 Å². The van der Waals surface area contributed by atoms with Crippen molar-refractivity contribution in [1.29, 1.82) is 0 Å². The van der Waals surface area contributed by atoms with Gasteiger partial charge in [0, 0.05) is 35.9 Å². The Balaban J connectivity index is 1.60. The zero-order valence-electron chi connectivity index (χ0n) is 18.2. The Bertz CT molecular complexity index is 1470. The monoisotopic (exact) mass is 518 g/mol. The number of rotatable bonds is 7. The van der Waals surface area contributed by atoms with E-state index in [1.807, 2.05) is 6.07 Å². The predicted octanol–water partition coefficient (Wildman–Crippen LogP) is 5.43. The average Bonchev–Trinajstić information content (AvgIpc) is 3.25. The Hall–Kier alpha value is -2.92. The normalized spacial score (nSPS) is 11.8. The molecule has 0 fully saturated rings. The minimum Gasteiger partial charge on any atom is -0.321 e. The molecule has 0 unspecified atom stereocenters. The van der Waals surface area contributed by atoms with E-state index < -0.39 is 21.7 Å². The number of hydrogen-bond acceptors (Lipinski definition) is 6. The van der Waals surface area contributed by atoms with Gasteiger partial charge < -0.3 is 5.32 Å². The summed E-state index contributed by atoms with van der Waals surface area (Å²) in [5.41, 5.74) is 1.57. The molecule has 1 aromatic carbocycles. The Morgan fingerprint density at radius 1 is 1.09 bits per heavy atom. The number of amides is 1. The summed E-state index contributed by atoms with van der Waals surface area (Å²) in [5.74, 6) is -0.833.